The van der Waals surface area contributed by atoms with E-state index in [2.05, 4.69) is 17.1 Å². The topological polar surface area (TPSA) is 65.2 Å². The number of aromatic nitrogens is 2. The Morgan fingerprint density at radius 2 is 2.33 bits per heavy atom. The summed E-state index contributed by atoms with van der Waals surface area (Å²) < 4.78 is 10.6. The maximum absolute atomic E-state index is 11.8. The van der Waals surface area contributed by atoms with Crippen LogP contribution in [0, 0.1) is 0 Å². The van der Waals surface area contributed by atoms with E-state index in [1.807, 2.05) is 0 Å². The van der Waals surface area contributed by atoms with Gasteiger partial charge in [0.15, 0.2) is 0 Å². The predicted octanol–water partition coefficient (Wildman–Crippen LogP) is 2.78. The van der Waals surface area contributed by atoms with E-state index in [-0.39, 0.29) is 17.8 Å². The number of carbonyl (C=O) groups excluding carboxylic acids is 1. The number of nitrogens with zero attached hydrogens (tertiary/aromatic N) is 2. The Hall–Kier alpha value is -1.23. The zero-order valence-corrected chi connectivity index (χ0v) is 11.0. The van der Waals surface area contributed by atoms with E-state index < -0.39 is 0 Å². The van der Waals surface area contributed by atoms with Crippen LogP contribution < -0.4 is 0 Å². The Morgan fingerprint density at radius 3 is 3.00 bits per heavy atom. The lowest BCUT2D eigenvalue weighted by Crippen LogP contribution is -2.17. The number of methoxy groups -OCH3 is 1. The normalized spacial score (nSPS) is 22.1. The summed E-state index contributed by atoms with van der Waals surface area (Å²) in [5.74, 6) is 1.06. The van der Waals surface area contributed by atoms with Crippen LogP contribution in [0.25, 0.3) is 0 Å². The molecule has 100 valence electrons. The fourth-order valence-corrected chi connectivity index (χ4v) is 2.38. The lowest BCUT2D eigenvalue weighted by atomic mass is 9.88. The molecule has 1 aromatic heterocycles. The molecule has 1 heterocycles. The fraction of sp³-hybridized carbons (Fsp3) is 0.769. The van der Waals surface area contributed by atoms with Gasteiger partial charge in [-0.25, -0.2) is 0 Å². The van der Waals surface area contributed by atoms with Gasteiger partial charge in [-0.3, -0.25) is 4.79 Å². The van der Waals surface area contributed by atoms with Crippen molar-refractivity contribution in [3.8, 4) is 0 Å². The molecule has 2 unspecified atom stereocenters. The van der Waals surface area contributed by atoms with Crippen molar-refractivity contribution < 1.29 is 14.1 Å². The number of hydrogen-bond acceptors (Lipinski definition) is 5. The first-order valence-corrected chi connectivity index (χ1v) is 6.65. The van der Waals surface area contributed by atoms with Crippen molar-refractivity contribution in [1.29, 1.82) is 0 Å². The molecular weight excluding hydrogens is 232 g/mol. The van der Waals surface area contributed by atoms with Gasteiger partial charge < -0.3 is 9.26 Å². The Balaban J connectivity index is 2.11. The van der Waals surface area contributed by atoms with Crippen LogP contribution in [0.2, 0.25) is 0 Å². The summed E-state index contributed by atoms with van der Waals surface area (Å²) in [6.45, 7) is 2.08. The van der Waals surface area contributed by atoms with Gasteiger partial charge in [0.2, 0.25) is 11.7 Å². The lowest BCUT2D eigenvalue weighted by molar-refractivity contribution is -0.122. The molecule has 5 nitrogen and oxygen atoms in total. The Bertz CT molecular complexity index is 403. The van der Waals surface area contributed by atoms with Gasteiger partial charge in [0.25, 0.3) is 0 Å². The molecular formula is C13H20N2O3. The van der Waals surface area contributed by atoms with Crippen molar-refractivity contribution >= 4 is 5.78 Å². The van der Waals surface area contributed by atoms with Crippen LogP contribution in [0.15, 0.2) is 4.52 Å². The van der Waals surface area contributed by atoms with Crippen LogP contribution in [-0.2, 0) is 9.53 Å². The average Bonchev–Trinajstić information content (AvgIpc) is 2.85. The van der Waals surface area contributed by atoms with Crippen LogP contribution in [0.1, 0.15) is 69.2 Å². The highest BCUT2D eigenvalue weighted by Gasteiger charge is 2.30. The number of ketones is 1. The molecule has 0 aromatic carbocycles. The standard InChI is InChI=1S/C13H20N2O3/c1-3-6-11(17-2)12-14-13(18-15-12)9-7-4-5-8-10(9)16/h9,11H,3-8H2,1-2H3. The molecule has 2 rings (SSSR count). The summed E-state index contributed by atoms with van der Waals surface area (Å²) >= 11 is 0. The van der Waals surface area contributed by atoms with Crippen molar-refractivity contribution in [2.75, 3.05) is 7.11 Å². The van der Waals surface area contributed by atoms with E-state index in [1.54, 1.807) is 7.11 Å². The minimum atomic E-state index is -0.195. The maximum Gasteiger partial charge on any atom is 0.237 e. The number of ether oxygens (including phenoxy) is 1. The average molecular weight is 252 g/mol. The van der Waals surface area contributed by atoms with Crippen LogP contribution in [0.5, 0.6) is 0 Å². The molecule has 5 heteroatoms. The summed E-state index contributed by atoms with van der Waals surface area (Å²) in [5, 5.41) is 3.95. The van der Waals surface area contributed by atoms with E-state index in [0.717, 1.165) is 32.1 Å². The first-order valence-electron chi connectivity index (χ1n) is 6.65. The molecule has 18 heavy (non-hydrogen) atoms. The third-order valence-electron chi connectivity index (χ3n) is 3.43. The highest BCUT2D eigenvalue weighted by atomic mass is 16.5. The van der Waals surface area contributed by atoms with Crippen LogP contribution in [0.4, 0.5) is 0 Å². The van der Waals surface area contributed by atoms with E-state index in [1.165, 1.54) is 0 Å². The van der Waals surface area contributed by atoms with Gasteiger partial charge in [0.05, 0.1) is 5.92 Å². The summed E-state index contributed by atoms with van der Waals surface area (Å²) in [7, 11) is 1.64. The van der Waals surface area contributed by atoms with Gasteiger partial charge in [-0.05, 0) is 19.3 Å². The second-order valence-electron chi connectivity index (χ2n) is 4.77. The third kappa shape index (κ3) is 2.77. The van der Waals surface area contributed by atoms with Crippen molar-refractivity contribution in [1.82, 2.24) is 10.1 Å². The molecule has 1 aliphatic rings. The van der Waals surface area contributed by atoms with Crippen LogP contribution in [-0.4, -0.2) is 23.0 Å². The highest BCUT2D eigenvalue weighted by Crippen LogP contribution is 2.30. The Labute approximate surface area is 107 Å². The minimum absolute atomic E-state index is 0.133. The molecule has 0 bridgehead atoms. The second-order valence-corrected chi connectivity index (χ2v) is 4.77. The van der Waals surface area contributed by atoms with Crippen molar-refractivity contribution in [3.05, 3.63) is 11.7 Å². The quantitative estimate of drug-likeness (QED) is 0.806. The molecule has 2 atom stereocenters. The first kappa shape index (κ1) is 13.2. The summed E-state index contributed by atoms with van der Waals surface area (Å²) in [4.78, 5) is 16.2. The molecule has 0 aliphatic heterocycles. The molecule has 1 fully saturated rings. The number of carbonyl (C=O) groups is 1. The smallest absolute Gasteiger partial charge is 0.237 e. The SMILES string of the molecule is CCCC(OC)c1noc(C2CCCCC2=O)n1. The molecule has 0 saturated heterocycles. The molecule has 0 N–H and O–H groups in total. The van der Waals surface area contributed by atoms with Gasteiger partial charge in [0, 0.05) is 13.5 Å². The zero-order valence-electron chi connectivity index (χ0n) is 11.0. The Morgan fingerprint density at radius 1 is 1.50 bits per heavy atom. The summed E-state index contributed by atoms with van der Waals surface area (Å²) in [6, 6.07) is 0. The summed E-state index contributed by atoms with van der Waals surface area (Å²) in [6.07, 6.45) is 5.20. The number of Topliss-reactive ketones (excluding diaryl/α,β-unsaturated/α-hetero) is 1. The third-order valence-corrected chi connectivity index (χ3v) is 3.43. The number of hydrogen-bond donors (Lipinski definition) is 0. The minimum Gasteiger partial charge on any atom is -0.373 e. The van der Waals surface area contributed by atoms with Crippen molar-refractivity contribution in [3.63, 3.8) is 0 Å². The highest BCUT2D eigenvalue weighted by molar-refractivity contribution is 5.85. The van der Waals surface area contributed by atoms with Gasteiger partial charge >= 0.3 is 0 Å². The van der Waals surface area contributed by atoms with Gasteiger partial charge in [-0.2, -0.15) is 4.98 Å². The zero-order chi connectivity index (χ0) is 13.0. The molecule has 1 saturated carbocycles. The van der Waals surface area contributed by atoms with Crippen LogP contribution in [0.3, 0.4) is 0 Å². The van der Waals surface area contributed by atoms with E-state index in [0.29, 0.717) is 18.1 Å². The predicted molar refractivity (Wildman–Crippen MR) is 65.2 cm³/mol. The molecule has 0 radical (unpaired) electrons. The fourth-order valence-electron chi connectivity index (χ4n) is 2.38. The van der Waals surface area contributed by atoms with Gasteiger partial charge in [-0.15, -0.1) is 0 Å². The Kier molecular flexibility index (Phi) is 4.47. The lowest BCUT2D eigenvalue weighted by Gasteiger charge is -2.16. The van der Waals surface area contributed by atoms with E-state index >= 15 is 0 Å². The monoisotopic (exact) mass is 252 g/mol. The second kappa shape index (κ2) is 6.09. The largest absolute Gasteiger partial charge is 0.373 e. The molecule has 0 spiro atoms. The summed E-state index contributed by atoms with van der Waals surface area (Å²) in [5.41, 5.74) is 0. The van der Waals surface area contributed by atoms with Crippen molar-refractivity contribution in [2.24, 2.45) is 0 Å². The molecule has 1 aliphatic carbocycles. The molecule has 1 aromatic rings. The van der Waals surface area contributed by atoms with Crippen molar-refractivity contribution in [2.45, 2.75) is 57.5 Å². The van der Waals surface area contributed by atoms with E-state index in [9.17, 15) is 4.79 Å². The number of rotatable bonds is 5. The molecule has 0 amide bonds. The van der Waals surface area contributed by atoms with Gasteiger partial charge in [-0.1, -0.05) is 24.9 Å². The first-order chi connectivity index (χ1) is 8.76. The van der Waals surface area contributed by atoms with Crippen LogP contribution >= 0.6 is 0 Å². The van der Waals surface area contributed by atoms with E-state index in [4.69, 9.17) is 9.26 Å². The van der Waals surface area contributed by atoms with Gasteiger partial charge in [0.1, 0.15) is 11.9 Å². The maximum atomic E-state index is 11.8.